The summed E-state index contributed by atoms with van der Waals surface area (Å²) >= 11 is 0. The van der Waals surface area contributed by atoms with Gasteiger partial charge in [-0.3, -0.25) is 14.5 Å². The van der Waals surface area contributed by atoms with Crippen molar-refractivity contribution in [1.29, 1.82) is 0 Å². The van der Waals surface area contributed by atoms with Crippen LogP contribution in [-0.2, 0) is 22.6 Å². The summed E-state index contributed by atoms with van der Waals surface area (Å²) in [6.45, 7) is 2.65. The Morgan fingerprint density at radius 2 is 1.66 bits per heavy atom. The molecule has 0 radical (unpaired) electrons. The number of ether oxygens (including phenoxy) is 2. The number of para-hydroxylation sites is 1. The molecule has 156 valence electrons. The molecule has 0 saturated carbocycles. The lowest BCUT2D eigenvalue weighted by atomic mass is 10.1. The predicted octanol–water partition coefficient (Wildman–Crippen LogP) is 2.45. The summed E-state index contributed by atoms with van der Waals surface area (Å²) in [6.07, 6.45) is 0.838. The van der Waals surface area contributed by atoms with Crippen molar-refractivity contribution in [2.45, 2.75) is 19.9 Å². The highest BCUT2D eigenvalue weighted by Crippen LogP contribution is 2.27. The zero-order chi connectivity index (χ0) is 21.2. The Morgan fingerprint density at radius 3 is 2.34 bits per heavy atom. The quantitative estimate of drug-likeness (QED) is 0.642. The lowest BCUT2D eigenvalue weighted by Gasteiger charge is -2.17. The Balaban J connectivity index is 1.80. The molecule has 0 bridgehead atoms. The van der Waals surface area contributed by atoms with Gasteiger partial charge in [-0.25, -0.2) is 0 Å². The second-order valence-corrected chi connectivity index (χ2v) is 6.70. The van der Waals surface area contributed by atoms with Crippen molar-refractivity contribution >= 4 is 17.5 Å². The first-order chi connectivity index (χ1) is 14.0. The molecular formula is C22H29N3O4. The van der Waals surface area contributed by atoms with E-state index in [1.807, 2.05) is 43.3 Å². The lowest BCUT2D eigenvalue weighted by Crippen LogP contribution is -2.38. The number of amides is 2. The van der Waals surface area contributed by atoms with E-state index >= 15 is 0 Å². The van der Waals surface area contributed by atoms with Crippen LogP contribution in [0.15, 0.2) is 42.5 Å². The van der Waals surface area contributed by atoms with Gasteiger partial charge in [0.2, 0.25) is 11.8 Å². The third-order valence-electron chi connectivity index (χ3n) is 4.44. The van der Waals surface area contributed by atoms with Crippen molar-refractivity contribution in [1.82, 2.24) is 10.2 Å². The molecule has 2 aromatic carbocycles. The van der Waals surface area contributed by atoms with Crippen LogP contribution < -0.4 is 20.1 Å². The van der Waals surface area contributed by atoms with Gasteiger partial charge in [0.05, 0.1) is 27.3 Å². The van der Waals surface area contributed by atoms with Gasteiger partial charge in [0.1, 0.15) is 0 Å². The topological polar surface area (TPSA) is 79.9 Å². The van der Waals surface area contributed by atoms with Crippen LogP contribution in [0, 0.1) is 0 Å². The van der Waals surface area contributed by atoms with Crippen LogP contribution in [0.5, 0.6) is 11.5 Å². The SMILES string of the molecule is CCc1ccccc1NC(=O)CN(C)CC(=O)NCc1ccc(OC)c(OC)c1. The third kappa shape index (κ3) is 6.80. The largest absolute Gasteiger partial charge is 0.493 e. The molecule has 0 unspecified atom stereocenters. The summed E-state index contributed by atoms with van der Waals surface area (Å²) in [7, 11) is 4.88. The average molecular weight is 399 g/mol. The van der Waals surface area contributed by atoms with E-state index in [2.05, 4.69) is 10.6 Å². The van der Waals surface area contributed by atoms with Crippen LogP contribution in [0.3, 0.4) is 0 Å². The Kier molecular flexibility index (Phi) is 8.48. The van der Waals surface area contributed by atoms with Gasteiger partial charge >= 0.3 is 0 Å². The number of rotatable bonds is 10. The summed E-state index contributed by atoms with van der Waals surface area (Å²) in [5.74, 6) is 0.934. The minimum absolute atomic E-state index is 0.121. The number of benzene rings is 2. The van der Waals surface area contributed by atoms with E-state index in [0.717, 1.165) is 23.2 Å². The maximum absolute atomic E-state index is 12.3. The van der Waals surface area contributed by atoms with Gasteiger partial charge in [0.25, 0.3) is 0 Å². The number of anilines is 1. The molecule has 29 heavy (non-hydrogen) atoms. The Labute approximate surface area is 172 Å². The maximum atomic E-state index is 12.3. The number of hydrogen-bond acceptors (Lipinski definition) is 5. The second-order valence-electron chi connectivity index (χ2n) is 6.70. The van der Waals surface area contributed by atoms with E-state index < -0.39 is 0 Å². The number of hydrogen-bond donors (Lipinski definition) is 2. The third-order valence-corrected chi connectivity index (χ3v) is 4.44. The lowest BCUT2D eigenvalue weighted by molar-refractivity contribution is -0.123. The van der Waals surface area contributed by atoms with Gasteiger partial charge in [0, 0.05) is 12.2 Å². The molecule has 0 aromatic heterocycles. The normalized spacial score (nSPS) is 10.5. The highest BCUT2D eigenvalue weighted by Gasteiger charge is 2.12. The van der Waals surface area contributed by atoms with Gasteiger partial charge in [-0.1, -0.05) is 31.2 Å². The van der Waals surface area contributed by atoms with Crippen LogP contribution in [0.2, 0.25) is 0 Å². The Hall–Kier alpha value is -3.06. The molecule has 0 aliphatic carbocycles. The molecule has 0 atom stereocenters. The molecule has 0 saturated heterocycles. The van der Waals surface area contributed by atoms with Crippen molar-refractivity contribution in [3.8, 4) is 11.5 Å². The van der Waals surface area contributed by atoms with Crippen LogP contribution in [0.4, 0.5) is 5.69 Å². The number of carbonyl (C=O) groups is 2. The molecule has 2 aromatic rings. The Bertz CT molecular complexity index is 839. The number of methoxy groups -OCH3 is 2. The number of nitrogens with one attached hydrogen (secondary N) is 2. The first-order valence-corrected chi connectivity index (χ1v) is 9.50. The molecule has 0 heterocycles. The van der Waals surface area contributed by atoms with E-state index in [9.17, 15) is 9.59 Å². The highest BCUT2D eigenvalue weighted by atomic mass is 16.5. The van der Waals surface area contributed by atoms with Gasteiger partial charge in [-0.05, 0) is 42.8 Å². The van der Waals surface area contributed by atoms with Crippen molar-refractivity contribution in [2.75, 3.05) is 39.7 Å². The highest BCUT2D eigenvalue weighted by molar-refractivity contribution is 5.93. The number of nitrogens with zero attached hydrogens (tertiary/aromatic N) is 1. The van der Waals surface area contributed by atoms with E-state index in [-0.39, 0.29) is 24.9 Å². The molecule has 0 aliphatic rings. The summed E-state index contributed by atoms with van der Waals surface area (Å²) in [5, 5.41) is 5.76. The molecule has 7 nitrogen and oxygen atoms in total. The molecule has 0 fully saturated rings. The van der Waals surface area contributed by atoms with Crippen LogP contribution in [0.25, 0.3) is 0 Å². The molecule has 0 spiro atoms. The molecule has 2 N–H and O–H groups in total. The van der Waals surface area contributed by atoms with E-state index in [0.29, 0.717) is 18.0 Å². The molecular weight excluding hydrogens is 370 g/mol. The molecule has 0 aliphatic heterocycles. The van der Waals surface area contributed by atoms with E-state index in [1.54, 1.807) is 32.2 Å². The van der Waals surface area contributed by atoms with E-state index in [4.69, 9.17) is 9.47 Å². The van der Waals surface area contributed by atoms with Crippen molar-refractivity contribution < 1.29 is 19.1 Å². The van der Waals surface area contributed by atoms with Gasteiger partial charge in [0.15, 0.2) is 11.5 Å². The molecule has 7 heteroatoms. The fraction of sp³-hybridized carbons (Fsp3) is 0.364. The fourth-order valence-electron chi connectivity index (χ4n) is 2.93. The minimum atomic E-state index is -0.163. The smallest absolute Gasteiger partial charge is 0.238 e. The van der Waals surface area contributed by atoms with Crippen LogP contribution >= 0.6 is 0 Å². The summed E-state index contributed by atoms with van der Waals surface area (Å²) in [6, 6.07) is 13.2. The van der Waals surface area contributed by atoms with Gasteiger partial charge in [-0.2, -0.15) is 0 Å². The Morgan fingerprint density at radius 1 is 0.966 bits per heavy atom. The number of carbonyl (C=O) groups excluding carboxylic acids is 2. The second kappa shape index (κ2) is 11.1. The summed E-state index contributed by atoms with van der Waals surface area (Å²) in [5.41, 5.74) is 2.79. The van der Waals surface area contributed by atoms with Crippen molar-refractivity contribution in [2.24, 2.45) is 0 Å². The maximum Gasteiger partial charge on any atom is 0.238 e. The number of aryl methyl sites for hydroxylation is 1. The van der Waals surface area contributed by atoms with Gasteiger partial charge < -0.3 is 20.1 Å². The minimum Gasteiger partial charge on any atom is -0.493 e. The predicted molar refractivity (Wildman–Crippen MR) is 113 cm³/mol. The monoisotopic (exact) mass is 399 g/mol. The molecule has 2 amide bonds. The van der Waals surface area contributed by atoms with Crippen molar-refractivity contribution in [3.05, 3.63) is 53.6 Å². The van der Waals surface area contributed by atoms with Crippen molar-refractivity contribution in [3.63, 3.8) is 0 Å². The molecule has 2 rings (SSSR count). The summed E-state index contributed by atoms with van der Waals surface area (Å²) in [4.78, 5) is 26.2. The average Bonchev–Trinajstić information content (AvgIpc) is 2.72. The van der Waals surface area contributed by atoms with E-state index in [1.165, 1.54) is 0 Å². The first-order valence-electron chi connectivity index (χ1n) is 9.50. The van der Waals surface area contributed by atoms with Crippen LogP contribution in [-0.4, -0.2) is 51.1 Å². The fourth-order valence-corrected chi connectivity index (χ4v) is 2.93. The number of likely N-dealkylation sites (N-methyl/N-ethyl adjacent to an activating group) is 1. The standard InChI is InChI=1S/C22H29N3O4/c1-5-17-8-6-7-9-18(17)24-22(27)15-25(2)14-21(26)23-13-16-10-11-19(28-3)20(12-16)29-4/h6-12H,5,13-15H2,1-4H3,(H,23,26)(H,24,27). The zero-order valence-corrected chi connectivity index (χ0v) is 17.5. The van der Waals surface area contributed by atoms with Crippen LogP contribution in [0.1, 0.15) is 18.1 Å². The zero-order valence-electron chi connectivity index (χ0n) is 17.5. The first kappa shape index (κ1) is 22.2. The summed E-state index contributed by atoms with van der Waals surface area (Å²) < 4.78 is 10.5. The van der Waals surface area contributed by atoms with Gasteiger partial charge in [-0.15, -0.1) is 0 Å².